The van der Waals surface area contributed by atoms with Crippen LogP contribution < -0.4 is 14.8 Å². The molecule has 1 N–H and O–H groups in total. The molecule has 4 nitrogen and oxygen atoms in total. The Balaban J connectivity index is 1.80. The van der Waals surface area contributed by atoms with Gasteiger partial charge >= 0.3 is 0 Å². The minimum absolute atomic E-state index is 0.00899. The number of hydrogen-bond acceptors (Lipinski definition) is 4. The topological polar surface area (TPSA) is 47.6 Å². The smallest absolute Gasteiger partial charge is 0.251 e. The summed E-state index contributed by atoms with van der Waals surface area (Å²) >= 11 is 1.68. The van der Waals surface area contributed by atoms with Crippen LogP contribution in [0.4, 0.5) is 4.39 Å². The van der Waals surface area contributed by atoms with Crippen molar-refractivity contribution >= 4 is 17.7 Å². The maximum atomic E-state index is 13.6. The minimum atomic E-state index is -0.289. The molecule has 1 aliphatic rings. The van der Waals surface area contributed by atoms with E-state index in [-0.39, 0.29) is 23.9 Å². The molecule has 0 bridgehead atoms. The van der Waals surface area contributed by atoms with E-state index in [9.17, 15) is 9.18 Å². The summed E-state index contributed by atoms with van der Waals surface area (Å²) in [5.74, 6) is 1.49. The van der Waals surface area contributed by atoms with Crippen molar-refractivity contribution in [2.75, 3.05) is 12.9 Å². The van der Waals surface area contributed by atoms with Crippen molar-refractivity contribution in [1.29, 1.82) is 0 Å². The molecule has 0 radical (unpaired) electrons. The molecular formula is C20H22FNO3S. The van der Waals surface area contributed by atoms with Crippen LogP contribution in [0.1, 0.15) is 42.2 Å². The summed E-state index contributed by atoms with van der Waals surface area (Å²) in [5, 5.41) is 3.01. The normalized spacial score (nSPS) is 16.1. The molecule has 26 heavy (non-hydrogen) atoms. The van der Waals surface area contributed by atoms with Gasteiger partial charge in [0.2, 0.25) is 0 Å². The zero-order valence-electron chi connectivity index (χ0n) is 15.0. The first-order valence-electron chi connectivity index (χ1n) is 8.55. The van der Waals surface area contributed by atoms with Crippen molar-refractivity contribution in [2.45, 2.75) is 37.3 Å². The van der Waals surface area contributed by atoms with Gasteiger partial charge in [0.05, 0.1) is 19.3 Å². The number of halogens is 1. The fourth-order valence-electron chi connectivity index (χ4n) is 2.92. The van der Waals surface area contributed by atoms with Crippen LogP contribution in [-0.4, -0.2) is 24.9 Å². The van der Waals surface area contributed by atoms with Gasteiger partial charge in [0, 0.05) is 16.2 Å². The number of carbonyl (C=O) groups is 1. The highest BCUT2D eigenvalue weighted by Gasteiger charge is 2.24. The van der Waals surface area contributed by atoms with E-state index in [2.05, 4.69) is 5.32 Å². The van der Waals surface area contributed by atoms with Gasteiger partial charge in [-0.05, 0) is 62.2 Å². The quantitative estimate of drug-likeness (QED) is 0.830. The standard InChI is InChI=1S/C20H22FNO3S/c1-12(2)25-17-6-4-13(10-18(17)24-3)20(23)22-16-8-9-26-19-7-5-14(21)11-15(16)19/h4-7,10-12,16H,8-9H2,1-3H3,(H,22,23). The zero-order valence-corrected chi connectivity index (χ0v) is 15.9. The van der Waals surface area contributed by atoms with Crippen molar-refractivity contribution in [2.24, 2.45) is 0 Å². The average Bonchev–Trinajstić information content (AvgIpc) is 2.62. The Hall–Kier alpha value is -2.21. The average molecular weight is 375 g/mol. The van der Waals surface area contributed by atoms with Gasteiger partial charge in [0.15, 0.2) is 11.5 Å². The number of fused-ring (bicyclic) bond motifs is 1. The Morgan fingerprint density at radius 1 is 1.23 bits per heavy atom. The van der Waals surface area contributed by atoms with Crippen LogP contribution in [0.2, 0.25) is 0 Å². The third kappa shape index (κ3) is 4.12. The number of thioether (sulfide) groups is 1. The molecule has 1 amide bonds. The number of benzene rings is 2. The van der Waals surface area contributed by atoms with Crippen LogP contribution in [0.15, 0.2) is 41.3 Å². The molecular weight excluding hydrogens is 353 g/mol. The van der Waals surface area contributed by atoms with E-state index in [0.717, 1.165) is 22.6 Å². The molecule has 1 atom stereocenters. The van der Waals surface area contributed by atoms with E-state index in [1.165, 1.54) is 12.1 Å². The molecule has 138 valence electrons. The molecule has 1 unspecified atom stereocenters. The summed E-state index contributed by atoms with van der Waals surface area (Å²) in [6.45, 7) is 3.86. The van der Waals surface area contributed by atoms with Crippen LogP contribution in [0.3, 0.4) is 0 Å². The summed E-state index contributed by atoms with van der Waals surface area (Å²) in [4.78, 5) is 13.7. The Bertz CT molecular complexity index is 810. The van der Waals surface area contributed by atoms with E-state index in [1.54, 1.807) is 43.1 Å². The highest BCUT2D eigenvalue weighted by molar-refractivity contribution is 7.99. The fraction of sp³-hybridized carbons (Fsp3) is 0.350. The van der Waals surface area contributed by atoms with Gasteiger partial charge in [-0.25, -0.2) is 4.39 Å². The number of rotatable bonds is 5. The maximum Gasteiger partial charge on any atom is 0.251 e. The van der Waals surface area contributed by atoms with Crippen LogP contribution in [0, 0.1) is 5.82 Å². The van der Waals surface area contributed by atoms with E-state index in [1.807, 2.05) is 13.8 Å². The van der Waals surface area contributed by atoms with Crippen molar-refractivity contribution in [1.82, 2.24) is 5.32 Å². The van der Waals surface area contributed by atoms with Gasteiger partial charge in [0.25, 0.3) is 5.91 Å². The second-order valence-electron chi connectivity index (χ2n) is 6.38. The van der Waals surface area contributed by atoms with E-state index < -0.39 is 0 Å². The monoisotopic (exact) mass is 375 g/mol. The van der Waals surface area contributed by atoms with E-state index in [0.29, 0.717) is 17.1 Å². The second-order valence-corrected chi connectivity index (χ2v) is 7.51. The van der Waals surface area contributed by atoms with Crippen LogP contribution in [0.25, 0.3) is 0 Å². The Morgan fingerprint density at radius 2 is 2.04 bits per heavy atom. The number of hydrogen-bond donors (Lipinski definition) is 1. The molecule has 6 heteroatoms. The lowest BCUT2D eigenvalue weighted by atomic mass is 10.0. The van der Waals surface area contributed by atoms with E-state index >= 15 is 0 Å². The highest BCUT2D eigenvalue weighted by atomic mass is 32.2. The third-order valence-electron chi connectivity index (χ3n) is 4.11. The lowest BCUT2D eigenvalue weighted by Crippen LogP contribution is -2.30. The minimum Gasteiger partial charge on any atom is -0.493 e. The predicted molar refractivity (Wildman–Crippen MR) is 101 cm³/mol. The molecule has 3 rings (SSSR count). The van der Waals surface area contributed by atoms with Gasteiger partial charge in [-0.3, -0.25) is 4.79 Å². The third-order valence-corrected chi connectivity index (χ3v) is 5.23. The number of methoxy groups -OCH3 is 1. The molecule has 0 saturated carbocycles. The number of ether oxygens (including phenoxy) is 2. The predicted octanol–water partition coefficient (Wildman–Crippen LogP) is 4.59. The second kappa shape index (κ2) is 7.99. The lowest BCUT2D eigenvalue weighted by molar-refractivity contribution is 0.0934. The largest absolute Gasteiger partial charge is 0.493 e. The Kier molecular flexibility index (Phi) is 5.71. The molecule has 0 saturated heterocycles. The summed E-state index contributed by atoms with van der Waals surface area (Å²) in [6, 6.07) is 9.64. The number of nitrogens with one attached hydrogen (secondary N) is 1. The van der Waals surface area contributed by atoms with Gasteiger partial charge in [0.1, 0.15) is 5.82 Å². The molecule has 1 heterocycles. The maximum absolute atomic E-state index is 13.6. The van der Waals surface area contributed by atoms with Gasteiger partial charge in [-0.1, -0.05) is 0 Å². The molecule has 2 aromatic carbocycles. The number of amides is 1. The summed E-state index contributed by atoms with van der Waals surface area (Å²) in [7, 11) is 1.54. The Labute approximate surface area is 157 Å². The molecule has 2 aromatic rings. The molecule has 0 aromatic heterocycles. The summed E-state index contributed by atoms with van der Waals surface area (Å²) in [5.41, 5.74) is 1.32. The molecule has 0 fully saturated rings. The van der Waals surface area contributed by atoms with Gasteiger partial charge in [-0.2, -0.15) is 0 Å². The first-order valence-corrected chi connectivity index (χ1v) is 9.54. The van der Waals surface area contributed by atoms with Crippen molar-refractivity contribution in [3.63, 3.8) is 0 Å². The SMILES string of the molecule is COc1cc(C(=O)NC2CCSc3ccc(F)cc32)ccc1OC(C)C. The number of carbonyl (C=O) groups excluding carboxylic acids is 1. The molecule has 0 aliphatic carbocycles. The van der Waals surface area contributed by atoms with Crippen molar-refractivity contribution in [3.8, 4) is 11.5 Å². The first kappa shape index (κ1) is 18.6. The molecule has 1 aliphatic heterocycles. The van der Waals surface area contributed by atoms with Gasteiger partial charge < -0.3 is 14.8 Å². The van der Waals surface area contributed by atoms with Gasteiger partial charge in [-0.15, -0.1) is 11.8 Å². The Morgan fingerprint density at radius 3 is 2.77 bits per heavy atom. The van der Waals surface area contributed by atoms with Crippen LogP contribution in [0.5, 0.6) is 11.5 Å². The highest BCUT2D eigenvalue weighted by Crippen LogP contribution is 2.37. The van der Waals surface area contributed by atoms with Crippen LogP contribution in [-0.2, 0) is 0 Å². The van der Waals surface area contributed by atoms with Crippen molar-refractivity contribution < 1.29 is 18.7 Å². The summed E-state index contributed by atoms with van der Waals surface area (Å²) < 4.78 is 24.6. The fourth-order valence-corrected chi connectivity index (χ4v) is 4.02. The molecule has 0 spiro atoms. The van der Waals surface area contributed by atoms with Crippen molar-refractivity contribution in [3.05, 3.63) is 53.3 Å². The lowest BCUT2D eigenvalue weighted by Gasteiger charge is -2.26. The first-order chi connectivity index (χ1) is 12.5. The van der Waals surface area contributed by atoms with E-state index in [4.69, 9.17) is 9.47 Å². The van der Waals surface area contributed by atoms with Crippen LogP contribution >= 0.6 is 11.8 Å². The zero-order chi connectivity index (χ0) is 18.7. The summed E-state index contributed by atoms with van der Waals surface area (Å²) in [6.07, 6.45) is 0.771.